The maximum atomic E-state index is 12.3. The molecule has 2 amide bonds. The third kappa shape index (κ3) is 6.07. The molecule has 2 aromatic rings. The molecule has 26 heavy (non-hydrogen) atoms. The normalized spacial score (nSPS) is 10.4. The van der Waals surface area contributed by atoms with E-state index in [4.69, 9.17) is 11.6 Å². The van der Waals surface area contributed by atoms with E-state index in [1.807, 2.05) is 0 Å². The highest BCUT2D eigenvalue weighted by atomic mass is 35.5. The average Bonchev–Trinajstić information content (AvgIpc) is 2.60. The Morgan fingerprint density at radius 2 is 1.69 bits per heavy atom. The van der Waals surface area contributed by atoms with Crippen LogP contribution in [0.1, 0.15) is 17.3 Å². The van der Waals surface area contributed by atoms with Crippen molar-refractivity contribution in [3.63, 3.8) is 0 Å². The van der Waals surface area contributed by atoms with Crippen molar-refractivity contribution in [2.75, 3.05) is 17.2 Å². The zero-order valence-electron chi connectivity index (χ0n) is 14.0. The molecule has 0 bridgehead atoms. The van der Waals surface area contributed by atoms with Gasteiger partial charge in [0.05, 0.1) is 6.61 Å². The second kappa shape index (κ2) is 9.39. The Labute approximate surface area is 155 Å². The first-order valence-electron chi connectivity index (χ1n) is 7.80. The molecule has 2 N–H and O–H groups in total. The molecule has 0 fully saturated rings. The Morgan fingerprint density at radius 3 is 2.38 bits per heavy atom. The summed E-state index contributed by atoms with van der Waals surface area (Å²) in [6.45, 7) is 1.90. The number of halogens is 1. The summed E-state index contributed by atoms with van der Waals surface area (Å²) in [5.41, 5.74) is 1.34. The number of ether oxygens (including phenoxy) is 1. The molecule has 0 aliphatic heterocycles. The lowest BCUT2D eigenvalue weighted by molar-refractivity contribution is -0.137. The Bertz CT molecular complexity index is 849. The maximum absolute atomic E-state index is 12.3. The van der Waals surface area contributed by atoms with Crippen LogP contribution in [0.2, 0.25) is 5.02 Å². The number of carbonyl (C=O) groups is 3. The predicted octanol–water partition coefficient (Wildman–Crippen LogP) is 3.65. The SMILES string of the molecule is CCOC(=O)/C=C/C(=O)Nc1cccc(C(=O)Nc2cccc(Cl)c2)c1. The number of hydrogen-bond acceptors (Lipinski definition) is 4. The van der Waals surface area contributed by atoms with Gasteiger partial charge in [0, 0.05) is 34.1 Å². The summed E-state index contributed by atoms with van der Waals surface area (Å²) in [7, 11) is 0. The first-order chi connectivity index (χ1) is 12.5. The second-order valence-electron chi connectivity index (χ2n) is 5.12. The number of anilines is 2. The Kier molecular flexibility index (Phi) is 6.93. The number of esters is 1. The highest BCUT2D eigenvalue weighted by Crippen LogP contribution is 2.17. The monoisotopic (exact) mass is 372 g/mol. The van der Waals surface area contributed by atoms with E-state index >= 15 is 0 Å². The van der Waals surface area contributed by atoms with Crippen LogP contribution in [0.25, 0.3) is 0 Å². The van der Waals surface area contributed by atoms with Gasteiger partial charge in [-0.2, -0.15) is 0 Å². The van der Waals surface area contributed by atoms with Gasteiger partial charge >= 0.3 is 5.97 Å². The highest BCUT2D eigenvalue weighted by Gasteiger charge is 2.08. The molecule has 0 atom stereocenters. The van der Waals surface area contributed by atoms with Crippen molar-refractivity contribution in [3.05, 3.63) is 71.3 Å². The molecular formula is C19H17ClN2O4. The van der Waals surface area contributed by atoms with Crippen LogP contribution in [0.4, 0.5) is 11.4 Å². The molecule has 7 heteroatoms. The topological polar surface area (TPSA) is 84.5 Å². The summed E-state index contributed by atoms with van der Waals surface area (Å²) >= 11 is 5.89. The summed E-state index contributed by atoms with van der Waals surface area (Å²) in [6.07, 6.45) is 2.10. The van der Waals surface area contributed by atoms with Crippen LogP contribution in [0.15, 0.2) is 60.7 Å². The molecule has 6 nitrogen and oxygen atoms in total. The van der Waals surface area contributed by atoms with E-state index in [9.17, 15) is 14.4 Å². The van der Waals surface area contributed by atoms with Crippen molar-refractivity contribution in [1.82, 2.24) is 0 Å². The first-order valence-corrected chi connectivity index (χ1v) is 8.18. The molecule has 0 spiro atoms. The average molecular weight is 373 g/mol. The Balaban J connectivity index is 2.01. The van der Waals surface area contributed by atoms with Gasteiger partial charge in [-0.15, -0.1) is 0 Å². The summed E-state index contributed by atoms with van der Waals surface area (Å²) < 4.78 is 4.69. The highest BCUT2D eigenvalue weighted by molar-refractivity contribution is 6.31. The minimum absolute atomic E-state index is 0.231. The fourth-order valence-corrected chi connectivity index (χ4v) is 2.22. The summed E-state index contributed by atoms with van der Waals surface area (Å²) in [5.74, 6) is -1.45. The van der Waals surface area contributed by atoms with Gasteiger partial charge in [-0.3, -0.25) is 9.59 Å². The van der Waals surface area contributed by atoms with Crippen molar-refractivity contribution < 1.29 is 19.1 Å². The molecule has 0 radical (unpaired) electrons. The Hall–Kier alpha value is -3.12. The second-order valence-corrected chi connectivity index (χ2v) is 5.56. The molecule has 2 rings (SSSR count). The minimum atomic E-state index is -0.600. The molecular weight excluding hydrogens is 356 g/mol. The Morgan fingerprint density at radius 1 is 1.00 bits per heavy atom. The lowest BCUT2D eigenvalue weighted by atomic mass is 10.2. The van der Waals surface area contributed by atoms with Crippen LogP contribution in [-0.4, -0.2) is 24.4 Å². The third-order valence-corrected chi connectivity index (χ3v) is 3.37. The zero-order valence-corrected chi connectivity index (χ0v) is 14.7. The van der Waals surface area contributed by atoms with Crippen LogP contribution in [0, 0.1) is 0 Å². The molecule has 0 aromatic heterocycles. The van der Waals surface area contributed by atoms with E-state index in [1.165, 1.54) is 6.07 Å². The van der Waals surface area contributed by atoms with Crippen LogP contribution >= 0.6 is 11.6 Å². The molecule has 0 aliphatic rings. The number of carbonyl (C=O) groups excluding carboxylic acids is 3. The van der Waals surface area contributed by atoms with E-state index in [0.717, 1.165) is 12.2 Å². The smallest absolute Gasteiger partial charge is 0.330 e. The standard InChI is InChI=1S/C19H17ClN2O4/c1-2-26-18(24)10-9-17(23)21-15-7-3-5-13(11-15)19(25)22-16-8-4-6-14(20)12-16/h3-12H,2H2,1H3,(H,21,23)(H,22,25)/b10-9+. The van der Waals surface area contributed by atoms with Crippen molar-refractivity contribution in [3.8, 4) is 0 Å². The van der Waals surface area contributed by atoms with Crippen molar-refractivity contribution in [1.29, 1.82) is 0 Å². The van der Waals surface area contributed by atoms with Gasteiger partial charge < -0.3 is 15.4 Å². The minimum Gasteiger partial charge on any atom is -0.463 e. The van der Waals surface area contributed by atoms with Crippen molar-refractivity contribution in [2.24, 2.45) is 0 Å². The van der Waals surface area contributed by atoms with E-state index < -0.39 is 11.9 Å². The predicted molar refractivity (Wildman–Crippen MR) is 100 cm³/mol. The fourth-order valence-electron chi connectivity index (χ4n) is 2.03. The van der Waals surface area contributed by atoms with E-state index in [-0.39, 0.29) is 12.5 Å². The largest absolute Gasteiger partial charge is 0.463 e. The number of nitrogens with one attached hydrogen (secondary N) is 2. The van der Waals surface area contributed by atoms with Crippen LogP contribution in [0.5, 0.6) is 0 Å². The van der Waals surface area contributed by atoms with Gasteiger partial charge in [0.15, 0.2) is 0 Å². The van der Waals surface area contributed by atoms with Crippen LogP contribution in [0.3, 0.4) is 0 Å². The van der Waals surface area contributed by atoms with Gasteiger partial charge in [0.25, 0.3) is 5.91 Å². The van der Waals surface area contributed by atoms with Gasteiger partial charge in [0.2, 0.25) is 5.91 Å². The number of amides is 2. The molecule has 0 aliphatic carbocycles. The molecule has 0 saturated heterocycles. The van der Waals surface area contributed by atoms with E-state index in [0.29, 0.717) is 22.0 Å². The number of hydrogen-bond donors (Lipinski definition) is 2. The summed E-state index contributed by atoms with van der Waals surface area (Å²) in [5, 5.41) is 5.81. The first kappa shape index (κ1) is 19.2. The molecule has 134 valence electrons. The fraction of sp³-hybridized carbons (Fsp3) is 0.105. The van der Waals surface area contributed by atoms with Gasteiger partial charge in [-0.1, -0.05) is 23.7 Å². The quantitative estimate of drug-likeness (QED) is 0.598. The van der Waals surface area contributed by atoms with Crippen molar-refractivity contribution >= 4 is 40.8 Å². The van der Waals surface area contributed by atoms with Crippen molar-refractivity contribution in [2.45, 2.75) is 6.92 Å². The summed E-state index contributed by atoms with van der Waals surface area (Å²) in [6, 6.07) is 13.2. The van der Waals surface area contributed by atoms with E-state index in [2.05, 4.69) is 15.4 Å². The lowest BCUT2D eigenvalue weighted by Crippen LogP contribution is -2.13. The van der Waals surface area contributed by atoms with Gasteiger partial charge in [-0.25, -0.2) is 4.79 Å². The molecule has 2 aromatic carbocycles. The number of benzene rings is 2. The van der Waals surface area contributed by atoms with Crippen LogP contribution < -0.4 is 10.6 Å². The maximum Gasteiger partial charge on any atom is 0.330 e. The van der Waals surface area contributed by atoms with E-state index in [1.54, 1.807) is 49.4 Å². The third-order valence-electron chi connectivity index (χ3n) is 3.13. The zero-order chi connectivity index (χ0) is 18.9. The summed E-state index contributed by atoms with van der Waals surface area (Å²) in [4.78, 5) is 35.3. The van der Waals surface area contributed by atoms with Gasteiger partial charge in [-0.05, 0) is 43.3 Å². The lowest BCUT2D eigenvalue weighted by Gasteiger charge is -2.08. The van der Waals surface area contributed by atoms with Gasteiger partial charge in [0.1, 0.15) is 0 Å². The number of rotatable bonds is 6. The molecule has 0 saturated carbocycles. The molecule has 0 heterocycles. The molecule has 0 unspecified atom stereocenters. The van der Waals surface area contributed by atoms with Crippen LogP contribution in [-0.2, 0) is 14.3 Å².